The molecule has 0 fully saturated rings. The van der Waals surface area contributed by atoms with Gasteiger partial charge < -0.3 is 16.3 Å². The van der Waals surface area contributed by atoms with Gasteiger partial charge in [0.15, 0.2) is 5.84 Å². The third-order valence-corrected chi connectivity index (χ3v) is 2.71. The number of halogens is 1. The van der Waals surface area contributed by atoms with Crippen LogP contribution in [0.25, 0.3) is 0 Å². The van der Waals surface area contributed by atoms with Gasteiger partial charge in [-0.3, -0.25) is 0 Å². The summed E-state index contributed by atoms with van der Waals surface area (Å²) in [4.78, 5) is 0. The van der Waals surface area contributed by atoms with Gasteiger partial charge in [-0.25, -0.2) is 4.39 Å². The van der Waals surface area contributed by atoms with Gasteiger partial charge in [0.25, 0.3) is 0 Å². The molecule has 0 radical (unpaired) electrons. The standard InChI is InChI=1S/C12H18FN3O/c1-8-7-11(13)4-3-10(8)5-6-15-9(2)12(14)16-17/h3-4,7,9,15,17H,5-6H2,1-2H3,(H2,14,16). The van der Waals surface area contributed by atoms with Crippen molar-refractivity contribution in [3.8, 4) is 0 Å². The lowest BCUT2D eigenvalue weighted by molar-refractivity contribution is 0.315. The fourth-order valence-corrected chi connectivity index (χ4v) is 1.55. The van der Waals surface area contributed by atoms with E-state index in [1.807, 2.05) is 13.8 Å². The molecule has 0 heterocycles. The van der Waals surface area contributed by atoms with E-state index in [9.17, 15) is 4.39 Å². The van der Waals surface area contributed by atoms with Crippen LogP contribution in [0.3, 0.4) is 0 Å². The molecule has 0 aliphatic rings. The van der Waals surface area contributed by atoms with E-state index in [1.165, 1.54) is 12.1 Å². The average molecular weight is 239 g/mol. The number of hydrogen-bond acceptors (Lipinski definition) is 3. The summed E-state index contributed by atoms with van der Waals surface area (Å²) in [6.45, 7) is 4.38. The molecule has 0 aliphatic carbocycles. The minimum absolute atomic E-state index is 0.154. The molecule has 4 N–H and O–H groups in total. The molecule has 1 unspecified atom stereocenters. The van der Waals surface area contributed by atoms with Crippen molar-refractivity contribution in [2.75, 3.05) is 6.54 Å². The zero-order valence-corrected chi connectivity index (χ0v) is 10.1. The highest BCUT2D eigenvalue weighted by Gasteiger charge is 2.06. The molecule has 0 bridgehead atoms. The Morgan fingerprint density at radius 2 is 2.29 bits per heavy atom. The molecule has 1 aromatic rings. The van der Waals surface area contributed by atoms with E-state index in [-0.39, 0.29) is 17.7 Å². The first-order chi connectivity index (χ1) is 8.04. The van der Waals surface area contributed by atoms with Crippen LogP contribution in [-0.4, -0.2) is 23.6 Å². The first-order valence-corrected chi connectivity index (χ1v) is 5.50. The molecular weight excluding hydrogens is 221 g/mol. The maximum atomic E-state index is 12.9. The van der Waals surface area contributed by atoms with Crippen molar-refractivity contribution < 1.29 is 9.60 Å². The monoisotopic (exact) mass is 239 g/mol. The van der Waals surface area contributed by atoms with Crippen molar-refractivity contribution in [3.63, 3.8) is 0 Å². The van der Waals surface area contributed by atoms with E-state index in [0.29, 0.717) is 6.54 Å². The molecule has 0 aliphatic heterocycles. The summed E-state index contributed by atoms with van der Waals surface area (Å²) in [6.07, 6.45) is 0.773. The van der Waals surface area contributed by atoms with E-state index in [4.69, 9.17) is 10.9 Å². The summed E-state index contributed by atoms with van der Waals surface area (Å²) in [7, 11) is 0. The summed E-state index contributed by atoms with van der Waals surface area (Å²) in [5.41, 5.74) is 7.46. The van der Waals surface area contributed by atoms with Crippen LogP contribution >= 0.6 is 0 Å². The number of benzene rings is 1. The summed E-state index contributed by atoms with van der Waals surface area (Å²) in [5.74, 6) is -0.0648. The Morgan fingerprint density at radius 1 is 1.59 bits per heavy atom. The van der Waals surface area contributed by atoms with Gasteiger partial charge in [0.1, 0.15) is 5.82 Å². The Bertz CT molecular complexity index is 407. The van der Waals surface area contributed by atoms with E-state index in [1.54, 1.807) is 6.07 Å². The fraction of sp³-hybridized carbons (Fsp3) is 0.417. The van der Waals surface area contributed by atoms with E-state index < -0.39 is 0 Å². The summed E-state index contributed by atoms with van der Waals surface area (Å²) < 4.78 is 12.9. The molecule has 4 nitrogen and oxygen atoms in total. The molecule has 0 spiro atoms. The second-order valence-electron chi connectivity index (χ2n) is 4.02. The van der Waals surface area contributed by atoms with Gasteiger partial charge in [-0.15, -0.1) is 0 Å². The second-order valence-corrected chi connectivity index (χ2v) is 4.02. The molecule has 0 amide bonds. The average Bonchev–Trinajstić information content (AvgIpc) is 2.30. The highest BCUT2D eigenvalue weighted by molar-refractivity contribution is 5.84. The van der Waals surface area contributed by atoms with E-state index in [2.05, 4.69) is 10.5 Å². The first kappa shape index (κ1) is 13.4. The molecular formula is C12H18FN3O. The molecule has 1 rings (SSSR count). The highest BCUT2D eigenvalue weighted by atomic mass is 19.1. The third kappa shape index (κ3) is 4.03. The number of aryl methyl sites for hydroxylation is 1. The number of nitrogens with zero attached hydrogens (tertiary/aromatic N) is 1. The Kier molecular flexibility index (Phi) is 4.90. The minimum atomic E-state index is -0.218. The zero-order chi connectivity index (χ0) is 12.8. The summed E-state index contributed by atoms with van der Waals surface area (Å²) in [5, 5.41) is 14.5. The molecule has 94 valence electrons. The molecule has 1 atom stereocenters. The normalized spacial score (nSPS) is 13.7. The molecule has 5 heteroatoms. The van der Waals surface area contributed by atoms with Crippen LogP contribution in [0.1, 0.15) is 18.1 Å². The largest absolute Gasteiger partial charge is 0.409 e. The van der Waals surface area contributed by atoms with Crippen molar-refractivity contribution in [2.45, 2.75) is 26.3 Å². The SMILES string of the molecule is Cc1cc(F)ccc1CCNC(C)C(N)=NO. The van der Waals surface area contributed by atoms with Crippen molar-refractivity contribution >= 4 is 5.84 Å². The zero-order valence-electron chi connectivity index (χ0n) is 10.1. The van der Waals surface area contributed by atoms with Crippen molar-refractivity contribution in [2.24, 2.45) is 10.9 Å². The van der Waals surface area contributed by atoms with Crippen LogP contribution in [0.4, 0.5) is 4.39 Å². The fourth-order valence-electron chi connectivity index (χ4n) is 1.55. The second kappa shape index (κ2) is 6.20. The summed E-state index contributed by atoms with van der Waals surface area (Å²) >= 11 is 0. The van der Waals surface area contributed by atoms with Crippen LogP contribution in [0.2, 0.25) is 0 Å². The quantitative estimate of drug-likeness (QED) is 0.315. The molecule has 0 saturated carbocycles. The summed E-state index contributed by atoms with van der Waals surface area (Å²) in [6, 6.07) is 4.57. The number of hydrogen-bond donors (Lipinski definition) is 3. The van der Waals surface area contributed by atoms with Gasteiger partial charge in [-0.1, -0.05) is 11.2 Å². The number of oxime groups is 1. The van der Waals surface area contributed by atoms with Gasteiger partial charge in [-0.2, -0.15) is 0 Å². The van der Waals surface area contributed by atoms with E-state index in [0.717, 1.165) is 17.5 Å². The first-order valence-electron chi connectivity index (χ1n) is 5.50. The Morgan fingerprint density at radius 3 is 2.88 bits per heavy atom. The van der Waals surface area contributed by atoms with Gasteiger partial charge in [0.05, 0.1) is 6.04 Å². The van der Waals surface area contributed by atoms with Crippen LogP contribution in [0.15, 0.2) is 23.4 Å². The maximum Gasteiger partial charge on any atom is 0.156 e. The predicted molar refractivity (Wildman–Crippen MR) is 65.7 cm³/mol. The van der Waals surface area contributed by atoms with Crippen LogP contribution in [-0.2, 0) is 6.42 Å². The molecule has 17 heavy (non-hydrogen) atoms. The van der Waals surface area contributed by atoms with Crippen LogP contribution < -0.4 is 11.1 Å². The lowest BCUT2D eigenvalue weighted by atomic mass is 10.1. The topological polar surface area (TPSA) is 70.6 Å². The van der Waals surface area contributed by atoms with Crippen molar-refractivity contribution in [1.29, 1.82) is 0 Å². The highest BCUT2D eigenvalue weighted by Crippen LogP contribution is 2.10. The molecule has 1 aromatic carbocycles. The van der Waals surface area contributed by atoms with Crippen LogP contribution in [0, 0.1) is 12.7 Å². The van der Waals surface area contributed by atoms with Gasteiger partial charge in [-0.05, 0) is 50.1 Å². The number of nitrogens with two attached hydrogens (primary N) is 1. The third-order valence-electron chi connectivity index (χ3n) is 2.71. The molecule has 0 saturated heterocycles. The van der Waals surface area contributed by atoms with Crippen molar-refractivity contribution in [3.05, 3.63) is 35.1 Å². The van der Waals surface area contributed by atoms with Gasteiger partial charge >= 0.3 is 0 Å². The number of rotatable bonds is 5. The number of nitrogens with one attached hydrogen (secondary N) is 1. The number of amidine groups is 1. The lowest BCUT2D eigenvalue weighted by Crippen LogP contribution is -2.39. The Labute approximate surface area is 100 Å². The Hall–Kier alpha value is -1.62. The van der Waals surface area contributed by atoms with Crippen molar-refractivity contribution in [1.82, 2.24) is 5.32 Å². The predicted octanol–water partition coefficient (Wildman–Crippen LogP) is 1.40. The van der Waals surface area contributed by atoms with E-state index >= 15 is 0 Å². The van der Waals surface area contributed by atoms with Gasteiger partial charge in [0, 0.05) is 0 Å². The lowest BCUT2D eigenvalue weighted by Gasteiger charge is -2.12. The maximum absolute atomic E-state index is 12.9. The van der Waals surface area contributed by atoms with Crippen LogP contribution in [0.5, 0.6) is 0 Å². The minimum Gasteiger partial charge on any atom is -0.409 e. The Balaban J connectivity index is 2.46. The smallest absolute Gasteiger partial charge is 0.156 e. The van der Waals surface area contributed by atoms with Gasteiger partial charge in [0.2, 0.25) is 0 Å². The molecule has 0 aromatic heterocycles.